The van der Waals surface area contributed by atoms with Crippen molar-refractivity contribution in [3.8, 4) is 0 Å². The topological polar surface area (TPSA) is 74.6 Å². The SMILES string of the molecule is CCCCCCCCC=C(CCCCCCCCC(=O)O)C(CCCCCCCC)CCCCCCCCC(=O)O. The number of rotatable bonds is 33. The van der Waals surface area contributed by atoms with Gasteiger partial charge in [0, 0.05) is 12.8 Å². The molecule has 242 valence electrons. The Hall–Kier alpha value is -1.32. The quantitative estimate of drug-likeness (QED) is 0.0600. The first-order chi connectivity index (χ1) is 20.0. The molecule has 0 aromatic rings. The van der Waals surface area contributed by atoms with Gasteiger partial charge in [-0.25, -0.2) is 0 Å². The van der Waals surface area contributed by atoms with Crippen molar-refractivity contribution in [3.05, 3.63) is 11.6 Å². The molecular formula is C37H70O4. The summed E-state index contributed by atoms with van der Waals surface area (Å²) in [5, 5.41) is 17.7. The van der Waals surface area contributed by atoms with Gasteiger partial charge in [0.25, 0.3) is 0 Å². The molecule has 0 aliphatic heterocycles. The van der Waals surface area contributed by atoms with E-state index in [2.05, 4.69) is 19.9 Å². The first-order valence-electron chi connectivity index (χ1n) is 18.1. The Morgan fingerprint density at radius 1 is 0.463 bits per heavy atom. The molecule has 0 aliphatic rings. The second-order valence-electron chi connectivity index (χ2n) is 12.7. The highest BCUT2D eigenvalue weighted by Crippen LogP contribution is 2.30. The summed E-state index contributed by atoms with van der Waals surface area (Å²) in [6.07, 6.45) is 38.4. The van der Waals surface area contributed by atoms with Crippen LogP contribution in [0.5, 0.6) is 0 Å². The molecule has 0 saturated heterocycles. The smallest absolute Gasteiger partial charge is 0.303 e. The fraction of sp³-hybridized carbons (Fsp3) is 0.892. The minimum absolute atomic E-state index is 0.313. The Morgan fingerprint density at radius 2 is 0.805 bits per heavy atom. The van der Waals surface area contributed by atoms with Gasteiger partial charge >= 0.3 is 11.9 Å². The number of hydrogen-bond acceptors (Lipinski definition) is 2. The fourth-order valence-corrected chi connectivity index (χ4v) is 6.06. The van der Waals surface area contributed by atoms with Crippen molar-refractivity contribution in [1.29, 1.82) is 0 Å². The van der Waals surface area contributed by atoms with Crippen LogP contribution < -0.4 is 0 Å². The molecule has 0 aromatic heterocycles. The summed E-state index contributed by atoms with van der Waals surface area (Å²) in [6.45, 7) is 4.58. The minimum Gasteiger partial charge on any atom is -0.481 e. The predicted octanol–water partition coefficient (Wildman–Crippen LogP) is 12.4. The van der Waals surface area contributed by atoms with E-state index in [-0.39, 0.29) is 0 Å². The molecule has 0 saturated carbocycles. The van der Waals surface area contributed by atoms with Crippen molar-refractivity contribution in [2.75, 3.05) is 0 Å². The zero-order valence-corrected chi connectivity index (χ0v) is 27.6. The van der Waals surface area contributed by atoms with Crippen LogP contribution in [-0.4, -0.2) is 22.2 Å². The lowest BCUT2D eigenvalue weighted by Crippen LogP contribution is -2.06. The number of carbonyl (C=O) groups is 2. The second-order valence-corrected chi connectivity index (χ2v) is 12.7. The van der Waals surface area contributed by atoms with Gasteiger partial charge in [0.2, 0.25) is 0 Å². The average Bonchev–Trinajstić information content (AvgIpc) is 2.94. The van der Waals surface area contributed by atoms with Crippen LogP contribution in [0.1, 0.15) is 206 Å². The van der Waals surface area contributed by atoms with Crippen molar-refractivity contribution >= 4 is 11.9 Å². The molecule has 4 heteroatoms. The highest BCUT2D eigenvalue weighted by Gasteiger charge is 2.14. The first kappa shape index (κ1) is 39.7. The van der Waals surface area contributed by atoms with Crippen molar-refractivity contribution < 1.29 is 19.8 Å². The van der Waals surface area contributed by atoms with Crippen LogP contribution in [0.25, 0.3) is 0 Å². The van der Waals surface area contributed by atoms with Crippen LogP contribution >= 0.6 is 0 Å². The van der Waals surface area contributed by atoms with E-state index in [4.69, 9.17) is 10.2 Å². The molecule has 0 amide bonds. The Labute approximate surface area is 255 Å². The lowest BCUT2D eigenvalue weighted by Gasteiger charge is -2.22. The number of carboxylic acids is 2. The molecule has 0 bridgehead atoms. The molecule has 1 atom stereocenters. The van der Waals surface area contributed by atoms with Crippen LogP contribution in [-0.2, 0) is 9.59 Å². The van der Waals surface area contributed by atoms with Crippen LogP contribution in [0.2, 0.25) is 0 Å². The Kier molecular flexibility index (Phi) is 30.6. The standard InChI is InChI=1S/C37H70O4/c1-3-5-7-9-11-17-23-29-35(31-25-19-13-15-21-27-33-37(40)41)34(28-22-16-10-8-6-4-2)30-24-18-12-14-20-26-32-36(38)39/h29,34H,3-28,30-33H2,1-2H3,(H,38,39)(H,40,41). The lowest BCUT2D eigenvalue weighted by molar-refractivity contribution is -0.138. The molecule has 1 unspecified atom stereocenters. The molecule has 2 N–H and O–H groups in total. The molecular weight excluding hydrogens is 508 g/mol. The molecule has 0 aliphatic carbocycles. The van der Waals surface area contributed by atoms with Gasteiger partial charge in [-0.1, -0.05) is 154 Å². The minimum atomic E-state index is -0.667. The average molecular weight is 579 g/mol. The fourth-order valence-electron chi connectivity index (χ4n) is 6.06. The van der Waals surface area contributed by atoms with E-state index in [1.807, 2.05) is 0 Å². The maximum absolute atomic E-state index is 10.7. The highest BCUT2D eigenvalue weighted by atomic mass is 16.4. The monoisotopic (exact) mass is 579 g/mol. The Balaban J connectivity index is 4.85. The summed E-state index contributed by atoms with van der Waals surface area (Å²) in [6, 6.07) is 0. The maximum Gasteiger partial charge on any atom is 0.303 e. The largest absolute Gasteiger partial charge is 0.481 e. The van der Waals surface area contributed by atoms with Gasteiger partial charge in [0.05, 0.1) is 0 Å². The molecule has 4 nitrogen and oxygen atoms in total. The molecule has 0 radical (unpaired) electrons. The van der Waals surface area contributed by atoms with Crippen LogP contribution in [0.3, 0.4) is 0 Å². The summed E-state index contributed by atoms with van der Waals surface area (Å²) >= 11 is 0. The third kappa shape index (κ3) is 30.0. The van der Waals surface area contributed by atoms with Gasteiger partial charge < -0.3 is 10.2 Å². The summed E-state index contributed by atoms with van der Waals surface area (Å²) in [4.78, 5) is 21.5. The van der Waals surface area contributed by atoms with Crippen LogP contribution in [0.4, 0.5) is 0 Å². The first-order valence-corrected chi connectivity index (χ1v) is 18.1. The van der Waals surface area contributed by atoms with Gasteiger partial charge in [-0.05, 0) is 57.3 Å². The number of carboxylic acid groups (broad SMARTS) is 2. The molecule has 0 heterocycles. The zero-order valence-electron chi connectivity index (χ0n) is 27.6. The van der Waals surface area contributed by atoms with Crippen molar-refractivity contribution in [2.45, 2.75) is 206 Å². The summed E-state index contributed by atoms with van der Waals surface area (Å²) in [7, 11) is 0. The van der Waals surface area contributed by atoms with E-state index < -0.39 is 11.9 Å². The number of hydrogen-bond donors (Lipinski definition) is 2. The molecule has 0 fully saturated rings. The molecule has 41 heavy (non-hydrogen) atoms. The zero-order chi connectivity index (χ0) is 30.2. The van der Waals surface area contributed by atoms with Crippen molar-refractivity contribution in [2.24, 2.45) is 5.92 Å². The molecule has 0 spiro atoms. The number of allylic oxidation sites excluding steroid dienone is 2. The van der Waals surface area contributed by atoms with Gasteiger partial charge in [-0.2, -0.15) is 0 Å². The summed E-state index contributed by atoms with van der Waals surface area (Å²) in [5.74, 6) is -0.593. The van der Waals surface area contributed by atoms with E-state index in [0.717, 1.165) is 38.0 Å². The number of aliphatic carboxylic acids is 2. The van der Waals surface area contributed by atoms with Crippen molar-refractivity contribution in [3.63, 3.8) is 0 Å². The van der Waals surface area contributed by atoms with Crippen LogP contribution in [0, 0.1) is 5.92 Å². The highest BCUT2D eigenvalue weighted by molar-refractivity contribution is 5.66. The predicted molar refractivity (Wildman–Crippen MR) is 177 cm³/mol. The van der Waals surface area contributed by atoms with Crippen molar-refractivity contribution in [1.82, 2.24) is 0 Å². The van der Waals surface area contributed by atoms with E-state index in [1.165, 1.54) is 148 Å². The van der Waals surface area contributed by atoms with E-state index >= 15 is 0 Å². The van der Waals surface area contributed by atoms with Gasteiger partial charge in [-0.3, -0.25) is 9.59 Å². The third-order valence-corrected chi connectivity index (χ3v) is 8.69. The second kappa shape index (κ2) is 31.6. The Bertz CT molecular complexity index is 612. The van der Waals surface area contributed by atoms with E-state index in [0.29, 0.717) is 12.8 Å². The number of unbranched alkanes of at least 4 members (excludes halogenated alkanes) is 21. The Morgan fingerprint density at radius 3 is 1.22 bits per heavy atom. The summed E-state index contributed by atoms with van der Waals surface area (Å²) in [5.41, 5.74) is 1.75. The molecule has 0 aromatic carbocycles. The maximum atomic E-state index is 10.7. The van der Waals surface area contributed by atoms with E-state index in [9.17, 15) is 9.59 Å². The van der Waals surface area contributed by atoms with Gasteiger partial charge in [-0.15, -0.1) is 0 Å². The molecule has 0 rings (SSSR count). The summed E-state index contributed by atoms with van der Waals surface area (Å²) < 4.78 is 0. The van der Waals surface area contributed by atoms with Gasteiger partial charge in [0.15, 0.2) is 0 Å². The van der Waals surface area contributed by atoms with Crippen LogP contribution in [0.15, 0.2) is 11.6 Å². The lowest BCUT2D eigenvalue weighted by atomic mass is 9.84. The van der Waals surface area contributed by atoms with E-state index in [1.54, 1.807) is 5.57 Å². The third-order valence-electron chi connectivity index (χ3n) is 8.69. The van der Waals surface area contributed by atoms with Gasteiger partial charge in [0.1, 0.15) is 0 Å². The normalized spacial score (nSPS) is 12.6.